The van der Waals surface area contributed by atoms with Gasteiger partial charge in [-0.2, -0.15) is 0 Å². The molecule has 31 heavy (non-hydrogen) atoms. The zero-order chi connectivity index (χ0) is 22.0. The van der Waals surface area contributed by atoms with E-state index in [-0.39, 0.29) is 6.54 Å². The van der Waals surface area contributed by atoms with Gasteiger partial charge in [0.15, 0.2) is 5.60 Å². The summed E-state index contributed by atoms with van der Waals surface area (Å²) in [6, 6.07) is 24.1. The third-order valence-corrected chi connectivity index (χ3v) is 5.81. The van der Waals surface area contributed by atoms with E-state index >= 15 is 0 Å². The summed E-state index contributed by atoms with van der Waals surface area (Å²) in [5.41, 5.74) is 7.57. The summed E-state index contributed by atoms with van der Waals surface area (Å²) >= 11 is 3.39. The van der Waals surface area contributed by atoms with E-state index in [4.69, 9.17) is 11.6 Å². The van der Waals surface area contributed by atoms with Crippen LogP contribution in [-0.4, -0.2) is 22.6 Å². The third kappa shape index (κ3) is 4.07. The number of rotatable bonds is 6. The van der Waals surface area contributed by atoms with E-state index in [0.717, 1.165) is 10.0 Å². The van der Waals surface area contributed by atoms with Crippen molar-refractivity contribution in [3.63, 3.8) is 0 Å². The molecule has 0 fully saturated rings. The molecule has 1 atom stereocenters. The lowest BCUT2D eigenvalue weighted by molar-refractivity contribution is -0.132. The number of benzene rings is 3. The molecule has 0 saturated carbocycles. The predicted molar refractivity (Wildman–Crippen MR) is 124 cm³/mol. The van der Waals surface area contributed by atoms with E-state index in [2.05, 4.69) is 15.9 Å². The van der Waals surface area contributed by atoms with Crippen LogP contribution in [0.2, 0.25) is 0 Å². The minimum atomic E-state index is -1.77. The lowest BCUT2D eigenvalue weighted by Gasteiger charge is -2.24. The molecule has 6 nitrogen and oxygen atoms in total. The number of anilines is 1. The SMILES string of the molecule is N/C(=C\N(N)Cc1ccccc1)CN1C(=O)C(O)(c2ccc(Br)cc2)c2ccccc21. The summed E-state index contributed by atoms with van der Waals surface area (Å²) in [6.07, 6.45) is 1.61. The highest BCUT2D eigenvalue weighted by atomic mass is 79.9. The van der Waals surface area contributed by atoms with Gasteiger partial charge in [0.2, 0.25) is 0 Å². The number of carbonyl (C=O) groups excluding carboxylic acids is 1. The van der Waals surface area contributed by atoms with Crippen molar-refractivity contribution in [2.45, 2.75) is 12.1 Å². The average molecular weight is 479 g/mol. The molecule has 3 aromatic carbocycles. The number of nitrogens with zero attached hydrogens (tertiary/aromatic N) is 2. The summed E-state index contributed by atoms with van der Waals surface area (Å²) in [5, 5.41) is 13.0. The number of hydrogen-bond acceptors (Lipinski definition) is 5. The van der Waals surface area contributed by atoms with Gasteiger partial charge in [0.1, 0.15) is 0 Å². The van der Waals surface area contributed by atoms with E-state index in [1.807, 2.05) is 42.5 Å². The molecule has 0 saturated heterocycles. The molecular weight excluding hydrogens is 456 g/mol. The van der Waals surface area contributed by atoms with Crippen LogP contribution in [0.3, 0.4) is 0 Å². The van der Waals surface area contributed by atoms with E-state index in [1.165, 1.54) is 9.91 Å². The van der Waals surface area contributed by atoms with Gasteiger partial charge in [-0.3, -0.25) is 4.79 Å². The first kappa shape index (κ1) is 21.1. The fraction of sp³-hybridized carbons (Fsp3) is 0.125. The molecule has 158 valence electrons. The van der Waals surface area contributed by atoms with Gasteiger partial charge in [-0.15, -0.1) is 0 Å². The van der Waals surface area contributed by atoms with E-state index in [1.54, 1.807) is 42.6 Å². The highest BCUT2D eigenvalue weighted by Gasteiger charge is 2.50. The molecule has 3 aromatic rings. The van der Waals surface area contributed by atoms with Gasteiger partial charge in [-0.1, -0.05) is 76.6 Å². The van der Waals surface area contributed by atoms with Gasteiger partial charge >= 0.3 is 0 Å². The number of halogens is 1. The maximum atomic E-state index is 13.4. The molecule has 0 aromatic heterocycles. The number of hydrogen-bond donors (Lipinski definition) is 3. The second-order valence-corrected chi connectivity index (χ2v) is 8.40. The van der Waals surface area contributed by atoms with Crippen LogP contribution >= 0.6 is 15.9 Å². The van der Waals surface area contributed by atoms with Crippen LogP contribution < -0.4 is 16.5 Å². The molecular formula is C24H23BrN4O2. The normalized spacial score (nSPS) is 18.2. The first-order valence-electron chi connectivity index (χ1n) is 9.81. The Bertz CT molecular complexity index is 1120. The lowest BCUT2D eigenvalue weighted by Crippen LogP contribution is -2.42. The van der Waals surface area contributed by atoms with Crippen molar-refractivity contribution in [2.75, 3.05) is 11.4 Å². The monoisotopic (exact) mass is 478 g/mol. The summed E-state index contributed by atoms with van der Waals surface area (Å²) in [5.74, 6) is 5.64. The van der Waals surface area contributed by atoms with Crippen LogP contribution in [0.25, 0.3) is 0 Å². The molecule has 1 unspecified atom stereocenters. The zero-order valence-electron chi connectivity index (χ0n) is 16.8. The Labute approximate surface area is 189 Å². The smallest absolute Gasteiger partial charge is 0.268 e. The van der Waals surface area contributed by atoms with Crippen molar-refractivity contribution >= 4 is 27.5 Å². The predicted octanol–water partition coefficient (Wildman–Crippen LogP) is 3.21. The topological polar surface area (TPSA) is 95.8 Å². The molecule has 0 aliphatic carbocycles. The fourth-order valence-electron chi connectivity index (χ4n) is 3.84. The third-order valence-electron chi connectivity index (χ3n) is 5.28. The minimum Gasteiger partial charge on any atom is -0.399 e. The Kier molecular flexibility index (Phi) is 5.82. The Hall–Kier alpha value is -3.13. The Balaban J connectivity index is 1.60. The largest absolute Gasteiger partial charge is 0.399 e. The van der Waals surface area contributed by atoms with Gasteiger partial charge in [-0.05, 0) is 29.3 Å². The number of amides is 1. The average Bonchev–Trinajstić information content (AvgIpc) is 2.97. The highest BCUT2D eigenvalue weighted by molar-refractivity contribution is 9.10. The minimum absolute atomic E-state index is 0.108. The van der Waals surface area contributed by atoms with Crippen LogP contribution in [-0.2, 0) is 16.9 Å². The van der Waals surface area contributed by atoms with Gasteiger partial charge in [0, 0.05) is 21.9 Å². The van der Waals surface area contributed by atoms with Gasteiger partial charge in [-0.25, -0.2) is 5.84 Å². The Morgan fingerprint density at radius 1 is 1.03 bits per heavy atom. The van der Waals surface area contributed by atoms with Crippen LogP contribution in [0.5, 0.6) is 0 Å². The summed E-state index contributed by atoms with van der Waals surface area (Å²) in [6.45, 7) is 0.589. The number of fused-ring (bicyclic) bond motifs is 1. The van der Waals surface area contributed by atoms with Crippen molar-refractivity contribution in [1.82, 2.24) is 5.01 Å². The number of para-hydroxylation sites is 1. The maximum absolute atomic E-state index is 13.4. The van der Waals surface area contributed by atoms with Gasteiger partial charge < -0.3 is 20.7 Å². The Morgan fingerprint density at radius 2 is 1.68 bits per heavy atom. The number of aliphatic hydroxyl groups is 1. The van der Waals surface area contributed by atoms with E-state index < -0.39 is 11.5 Å². The number of hydrazine groups is 1. The molecule has 1 amide bonds. The van der Waals surface area contributed by atoms with Crippen LogP contribution in [0.15, 0.2) is 95.2 Å². The van der Waals surface area contributed by atoms with Crippen molar-refractivity contribution in [1.29, 1.82) is 0 Å². The molecule has 7 heteroatoms. The second kappa shape index (κ2) is 8.55. The Morgan fingerprint density at radius 3 is 2.39 bits per heavy atom. The quantitative estimate of drug-likeness (QED) is 0.373. The van der Waals surface area contributed by atoms with Crippen LogP contribution in [0, 0.1) is 0 Å². The number of carbonyl (C=O) groups is 1. The molecule has 1 aliphatic heterocycles. The summed E-state index contributed by atoms with van der Waals surface area (Å²) in [7, 11) is 0. The maximum Gasteiger partial charge on any atom is 0.268 e. The summed E-state index contributed by atoms with van der Waals surface area (Å²) < 4.78 is 0.865. The van der Waals surface area contributed by atoms with Crippen LogP contribution in [0.4, 0.5) is 5.69 Å². The van der Waals surface area contributed by atoms with Crippen molar-refractivity contribution in [3.8, 4) is 0 Å². The highest BCUT2D eigenvalue weighted by Crippen LogP contribution is 2.44. The lowest BCUT2D eigenvalue weighted by atomic mass is 9.88. The molecule has 1 heterocycles. The van der Waals surface area contributed by atoms with Crippen LogP contribution in [0.1, 0.15) is 16.7 Å². The first-order chi connectivity index (χ1) is 14.9. The number of nitrogens with two attached hydrogens (primary N) is 2. The molecule has 5 N–H and O–H groups in total. The zero-order valence-corrected chi connectivity index (χ0v) is 18.4. The molecule has 0 radical (unpaired) electrons. The van der Waals surface area contributed by atoms with Crippen molar-refractivity contribution in [2.24, 2.45) is 11.6 Å². The molecule has 1 aliphatic rings. The molecule has 4 rings (SSSR count). The second-order valence-electron chi connectivity index (χ2n) is 7.49. The summed E-state index contributed by atoms with van der Waals surface area (Å²) in [4.78, 5) is 14.9. The fourth-order valence-corrected chi connectivity index (χ4v) is 4.10. The van der Waals surface area contributed by atoms with Gasteiger partial charge in [0.05, 0.1) is 18.8 Å². The first-order valence-corrected chi connectivity index (χ1v) is 10.6. The van der Waals surface area contributed by atoms with E-state index in [9.17, 15) is 9.90 Å². The van der Waals surface area contributed by atoms with Crippen molar-refractivity contribution < 1.29 is 9.90 Å². The van der Waals surface area contributed by atoms with Gasteiger partial charge in [0.25, 0.3) is 5.91 Å². The standard InChI is InChI=1S/C24H23BrN4O2/c25-19-12-10-18(11-13-19)24(31)21-8-4-5-9-22(21)29(23(24)30)16-20(26)15-28(27)14-17-6-2-1-3-7-17/h1-13,15,31H,14,16,26-27H2/b20-15-. The van der Waals surface area contributed by atoms with E-state index in [0.29, 0.717) is 29.1 Å². The molecule has 0 spiro atoms. The molecule has 0 bridgehead atoms. The van der Waals surface area contributed by atoms with Crippen molar-refractivity contribution in [3.05, 3.63) is 112 Å².